The van der Waals surface area contributed by atoms with E-state index in [0.717, 1.165) is 11.3 Å². The highest BCUT2D eigenvalue weighted by Crippen LogP contribution is 2.24. The Kier molecular flexibility index (Phi) is 5.92. The molecule has 0 saturated heterocycles. The third-order valence-electron chi connectivity index (χ3n) is 3.64. The number of amides is 1. The predicted octanol–water partition coefficient (Wildman–Crippen LogP) is 4.80. The fourth-order valence-corrected chi connectivity index (χ4v) is 3.16. The van der Waals surface area contributed by atoms with Crippen molar-refractivity contribution in [2.24, 2.45) is 0 Å². The summed E-state index contributed by atoms with van der Waals surface area (Å²) in [6.07, 6.45) is 3.28. The van der Waals surface area contributed by atoms with E-state index in [9.17, 15) is 4.79 Å². The van der Waals surface area contributed by atoms with Crippen molar-refractivity contribution in [3.05, 3.63) is 61.4 Å². The van der Waals surface area contributed by atoms with Gasteiger partial charge in [-0.05, 0) is 40.5 Å². The third-order valence-corrected chi connectivity index (χ3v) is 5.33. The minimum Gasteiger partial charge on any atom is -0.307 e. The third kappa shape index (κ3) is 4.40. The van der Waals surface area contributed by atoms with Crippen LogP contribution >= 0.6 is 50.7 Å². The molecule has 0 aliphatic carbocycles. The topological polar surface area (TPSA) is 64.7 Å². The number of halogens is 4. The summed E-state index contributed by atoms with van der Waals surface area (Å²) in [5, 5.41) is 12.7. The summed E-state index contributed by atoms with van der Waals surface area (Å²) in [5.74, 6) is 0.166. The Bertz CT molecular complexity index is 969. The summed E-state index contributed by atoms with van der Waals surface area (Å²) < 4.78 is 3.88. The van der Waals surface area contributed by atoms with Crippen LogP contribution in [0.5, 0.6) is 0 Å². The first-order chi connectivity index (χ1) is 12.3. The molecule has 0 unspecified atom stereocenters. The van der Waals surface area contributed by atoms with Gasteiger partial charge in [-0.25, -0.2) is 0 Å². The largest absolute Gasteiger partial charge is 0.307 e. The number of benzene rings is 1. The van der Waals surface area contributed by atoms with Gasteiger partial charge in [0.05, 0.1) is 38.0 Å². The SMILES string of the molecule is Cc1c(Cl)cnn1CC(=O)Nc1nn(Cc2ccc(Cl)c(Cl)c2)cc1Br. The van der Waals surface area contributed by atoms with Crippen molar-refractivity contribution in [1.29, 1.82) is 0 Å². The number of hydrogen-bond acceptors (Lipinski definition) is 3. The average molecular weight is 478 g/mol. The van der Waals surface area contributed by atoms with Crippen LogP contribution in [0, 0.1) is 6.92 Å². The molecule has 0 spiro atoms. The molecule has 26 heavy (non-hydrogen) atoms. The summed E-state index contributed by atoms with van der Waals surface area (Å²) in [7, 11) is 0. The molecule has 1 amide bonds. The number of nitrogens with zero attached hydrogens (tertiary/aromatic N) is 4. The maximum Gasteiger partial charge on any atom is 0.247 e. The molecule has 0 radical (unpaired) electrons. The van der Waals surface area contributed by atoms with Crippen LogP contribution < -0.4 is 5.32 Å². The highest BCUT2D eigenvalue weighted by Gasteiger charge is 2.13. The quantitative estimate of drug-likeness (QED) is 0.574. The van der Waals surface area contributed by atoms with Gasteiger partial charge in [-0.3, -0.25) is 14.2 Å². The molecule has 2 aromatic heterocycles. The van der Waals surface area contributed by atoms with Crippen molar-refractivity contribution in [1.82, 2.24) is 19.6 Å². The number of anilines is 1. The maximum atomic E-state index is 12.2. The number of carbonyl (C=O) groups excluding carboxylic acids is 1. The van der Waals surface area contributed by atoms with Crippen molar-refractivity contribution in [3.8, 4) is 0 Å². The van der Waals surface area contributed by atoms with Gasteiger partial charge in [-0.15, -0.1) is 0 Å². The first kappa shape index (κ1) is 19.2. The van der Waals surface area contributed by atoms with Gasteiger partial charge in [0.15, 0.2) is 5.82 Å². The number of carbonyl (C=O) groups is 1. The lowest BCUT2D eigenvalue weighted by Crippen LogP contribution is -2.20. The van der Waals surface area contributed by atoms with Crippen LogP contribution in [-0.2, 0) is 17.9 Å². The van der Waals surface area contributed by atoms with Gasteiger partial charge in [0, 0.05) is 6.20 Å². The van der Waals surface area contributed by atoms with Crippen molar-refractivity contribution in [2.75, 3.05) is 5.32 Å². The highest BCUT2D eigenvalue weighted by molar-refractivity contribution is 9.10. The normalized spacial score (nSPS) is 11.0. The van der Waals surface area contributed by atoms with Crippen LogP contribution in [0.3, 0.4) is 0 Å². The van der Waals surface area contributed by atoms with Crippen LogP contribution in [0.15, 0.2) is 35.1 Å². The second-order valence-corrected chi connectivity index (χ2v) is 7.63. The first-order valence-corrected chi connectivity index (χ1v) is 9.41. The van der Waals surface area contributed by atoms with Crippen molar-refractivity contribution in [3.63, 3.8) is 0 Å². The summed E-state index contributed by atoms with van der Waals surface area (Å²) in [5.41, 5.74) is 1.67. The predicted molar refractivity (Wildman–Crippen MR) is 106 cm³/mol. The van der Waals surface area contributed by atoms with Gasteiger partial charge in [-0.2, -0.15) is 10.2 Å². The molecule has 0 atom stereocenters. The molecule has 136 valence electrons. The molecular weight excluding hydrogens is 464 g/mol. The van der Waals surface area contributed by atoms with Crippen LogP contribution in [0.2, 0.25) is 15.1 Å². The monoisotopic (exact) mass is 475 g/mol. The lowest BCUT2D eigenvalue weighted by molar-refractivity contribution is -0.117. The first-order valence-electron chi connectivity index (χ1n) is 7.48. The van der Waals surface area contributed by atoms with E-state index < -0.39 is 0 Å². The van der Waals surface area contributed by atoms with Crippen LogP contribution in [0.1, 0.15) is 11.3 Å². The second kappa shape index (κ2) is 8.00. The lowest BCUT2D eigenvalue weighted by atomic mass is 10.2. The van der Waals surface area contributed by atoms with Gasteiger partial charge >= 0.3 is 0 Å². The summed E-state index contributed by atoms with van der Waals surface area (Å²) in [4.78, 5) is 12.2. The molecule has 10 heteroatoms. The Morgan fingerprint density at radius 1 is 1.23 bits per heavy atom. The number of aromatic nitrogens is 4. The Balaban J connectivity index is 1.68. The van der Waals surface area contributed by atoms with E-state index in [-0.39, 0.29) is 12.5 Å². The van der Waals surface area contributed by atoms with Crippen molar-refractivity contribution in [2.45, 2.75) is 20.0 Å². The number of rotatable bonds is 5. The molecule has 0 aliphatic heterocycles. The molecule has 2 heterocycles. The van der Waals surface area contributed by atoms with Gasteiger partial charge in [0.25, 0.3) is 0 Å². The Labute approximate surface area is 173 Å². The Hall–Kier alpha value is -1.54. The molecule has 6 nitrogen and oxygen atoms in total. The molecule has 3 rings (SSSR count). The highest BCUT2D eigenvalue weighted by atomic mass is 79.9. The van der Waals surface area contributed by atoms with Crippen LogP contribution in [0.25, 0.3) is 0 Å². The molecule has 0 aliphatic rings. The summed E-state index contributed by atoms with van der Waals surface area (Å²) in [6, 6.07) is 5.38. The number of nitrogens with one attached hydrogen (secondary N) is 1. The van der Waals surface area contributed by atoms with Crippen LogP contribution in [-0.4, -0.2) is 25.5 Å². The zero-order valence-electron chi connectivity index (χ0n) is 13.5. The molecule has 0 bridgehead atoms. The molecule has 0 saturated carbocycles. The Morgan fingerprint density at radius 2 is 2.00 bits per heavy atom. The van der Waals surface area contributed by atoms with Crippen molar-refractivity contribution >= 4 is 62.5 Å². The standard InChI is InChI=1S/C16H13BrCl3N5O/c1-9-14(20)5-21-25(9)8-15(26)22-16-11(17)7-24(23-16)6-10-2-3-12(18)13(19)4-10/h2-5,7H,6,8H2,1H3,(H,22,23,26). The van der Waals surface area contributed by atoms with Crippen molar-refractivity contribution < 1.29 is 4.79 Å². The van der Waals surface area contributed by atoms with Gasteiger partial charge in [0.2, 0.25) is 5.91 Å². The van der Waals surface area contributed by atoms with E-state index in [2.05, 4.69) is 31.4 Å². The van der Waals surface area contributed by atoms with Gasteiger partial charge in [0.1, 0.15) is 6.54 Å². The zero-order chi connectivity index (χ0) is 18.8. The smallest absolute Gasteiger partial charge is 0.247 e. The molecule has 1 aromatic carbocycles. The van der Waals surface area contributed by atoms with E-state index in [1.807, 2.05) is 6.07 Å². The zero-order valence-corrected chi connectivity index (χ0v) is 17.4. The second-order valence-electron chi connectivity index (χ2n) is 5.56. The van der Waals surface area contributed by atoms with E-state index in [4.69, 9.17) is 34.8 Å². The average Bonchev–Trinajstić information content (AvgIpc) is 3.07. The maximum absolute atomic E-state index is 12.2. The minimum absolute atomic E-state index is 0.0463. The van der Waals surface area contributed by atoms with E-state index in [0.29, 0.717) is 31.9 Å². The summed E-state index contributed by atoms with van der Waals surface area (Å²) >= 11 is 21.3. The van der Waals surface area contributed by atoms with E-state index in [1.54, 1.807) is 29.9 Å². The van der Waals surface area contributed by atoms with E-state index in [1.165, 1.54) is 10.9 Å². The van der Waals surface area contributed by atoms with E-state index >= 15 is 0 Å². The fourth-order valence-electron chi connectivity index (χ4n) is 2.28. The molecule has 3 aromatic rings. The van der Waals surface area contributed by atoms with Crippen LogP contribution in [0.4, 0.5) is 5.82 Å². The number of hydrogen-bond donors (Lipinski definition) is 1. The summed E-state index contributed by atoms with van der Waals surface area (Å²) in [6.45, 7) is 2.33. The Morgan fingerprint density at radius 3 is 2.65 bits per heavy atom. The minimum atomic E-state index is -0.256. The lowest BCUT2D eigenvalue weighted by Gasteiger charge is -2.05. The molecular formula is C16H13BrCl3N5O. The molecule has 0 fully saturated rings. The van der Waals surface area contributed by atoms with Gasteiger partial charge < -0.3 is 5.32 Å². The van der Waals surface area contributed by atoms with Gasteiger partial charge in [-0.1, -0.05) is 40.9 Å². The fraction of sp³-hybridized carbons (Fsp3) is 0.188. The molecule has 1 N–H and O–H groups in total.